The van der Waals surface area contributed by atoms with E-state index in [2.05, 4.69) is 15.9 Å². The molecule has 2 atom stereocenters. The van der Waals surface area contributed by atoms with Crippen molar-refractivity contribution in [2.24, 2.45) is 0 Å². The monoisotopic (exact) mass is 418 g/mol. The Morgan fingerprint density at radius 3 is 2.45 bits per heavy atom. The number of nitrogens with zero attached hydrogens (tertiary/aromatic N) is 2. The third-order valence-electron chi connectivity index (χ3n) is 6.29. The highest BCUT2D eigenvalue weighted by Crippen LogP contribution is 2.37. The van der Waals surface area contributed by atoms with E-state index in [1.54, 1.807) is 0 Å². The van der Waals surface area contributed by atoms with Gasteiger partial charge in [0.25, 0.3) is 0 Å². The van der Waals surface area contributed by atoms with E-state index in [1.165, 1.54) is 32.4 Å². The van der Waals surface area contributed by atoms with Crippen LogP contribution in [-0.2, 0) is 14.3 Å². The second-order valence-electron chi connectivity index (χ2n) is 8.32. The van der Waals surface area contributed by atoms with Gasteiger partial charge in [-0.05, 0) is 64.5 Å². The van der Waals surface area contributed by atoms with E-state index in [-0.39, 0.29) is 11.5 Å². The van der Waals surface area contributed by atoms with Crippen LogP contribution in [-0.4, -0.2) is 77.4 Å². The summed E-state index contributed by atoms with van der Waals surface area (Å²) in [6.07, 6.45) is 6.27. The number of alkyl halides is 3. The minimum absolute atomic E-state index is 0.0552. The van der Waals surface area contributed by atoms with Gasteiger partial charge < -0.3 is 19.6 Å². The van der Waals surface area contributed by atoms with E-state index in [0.29, 0.717) is 6.04 Å². The van der Waals surface area contributed by atoms with Crippen molar-refractivity contribution in [2.75, 3.05) is 32.8 Å². The Hall–Kier alpha value is -1.61. The number of carboxylic acid groups (broad SMARTS) is 1. The summed E-state index contributed by atoms with van der Waals surface area (Å²) in [4.78, 5) is 26.2. The predicted octanol–water partition coefficient (Wildman–Crippen LogP) is 2.98. The molecule has 1 amide bonds. The third-order valence-corrected chi connectivity index (χ3v) is 6.29. The summed E-state index contributed by atoms with van der Waals surface area (Å²) < 4.78 is 38.0. The molecule has 0 aromatic carbocycles. The Labute approximate surface area is 168 Å². The van der Waals surface area contributed by atoms with Gasteiger partial charge >= 0.3 is 12.1 Å². The Kier molecular flexibility index (Phi) is 6.88. The highest BCUT2D eigenvalue weighted by molar-refractivity contribution is 5.94. The molecule has 3 heterocycles. The van der Waals surface area contributed by atoms with Gasteiger partial charge in [0.15, 0.2) is 0 Å². The fourth-order valence-corrected chi connectivity index (χ4v) is 4.79. The zero-order valence-corrected chi connectivity index (χ0v) is 16.5. The van der Waals surface area contributed by atoms with Crippen molar-refractivity contribution < 1.29 is 32.6 Å². The van der Waals surface area contributed by atoms with Gasteiger partial charge in [-0.3, -0.25) is 4.79 Å². The molecule has 6 nitrogen and oxygen atoms in total. The number of hydrogen-bond acceptors (Lipinski definition) is 4. The normalized spacial score (nSPS) is 30.2. The molecule has 0 bridgehead atoms. The number of allylic oxidation sites excluding steroid dienone is 1. The maximum absolute atomic E-state index is 12.6. The van der Waals surface area contributed by atoms with Crippen LogP contribution in [0.25, 0.3) is 0 Å². The summed E-state index contributed by atoms with van der Waals surface area (Å²) in [5.41, 5.74) is 0.990. The molecule has 3 aliphatic heterocycles. The van der Waals surface area contributed by atoms with E-state index < -0.39 is 12.1 Å². The fourth-order valence-electron chi connectivity index (χ4n) is 4.79. The number of carbonyl (C=O) groups excluding carboxylic acids is 1. The van der Waals surface area contributed by atoms with Crippen LogP contribution in [0.4, 0.5) is 13.2 Å². The first-order valence-corrected chi connectivity index (χ1v) is 10.4. The molecule has 0 aromatic rings. The minimum atomic E-state index is -5.08. The molecule has 4 rings (SSSR count). The van der Waals surface area contributed by atoms with Crippen molar-refractivity contribution in [3.63, 3.8) is 0 Å². The molecule has 1 aliphatic carbocycles. The standard InChI is InChI=1S/C18H28N2O2.C2HF3O2/c21-17(15-5-1-2-6-15)20-11-8-18(14-20)13-16(7-12-22-18)19-9-3-4-10-19;3-2(4,5)1(6)7/h5,16H,1-4,6-14H2;(H,6,7)/t16-,18+;/m0./s1. The summed E-state index contributed by atoms with van der Waals surface area (Å²) in [7, 11) is 0. The molecule has 164 valence electrons. The molecule has 29 heavy (non-hydrogen) atoms. The molecule has 0 radical (unpaired) electrons. The van der Waals surface area contributed by atoms with E-state index >= 15 is 0 Å². The first kappa shape index (κ1) is 22.1. The molecule has 1 spiro atoms. The second kappa shape index (κ2) is 9.04. The number of carbonyl (C=O) groups is 2. The van der Waals surface area contributed by atoms with Gasteiger partial charge in [0.2, 0.25) is 5.91 Å². The van der Waals surface area contributed by atoms with Crippen LogP contribution in [0, 0.1) is 0 Å². The van der Waals surface area contributed by atoms with Crippen molar-refractivity contribution in [3.8, 4) is 0 Å². The Morgan fingerprint density at radius 2 is 1.86 bits per heavy atom. The molecule has 4 aliphatic rings. The zero-order valence-electron chi connectivity index (χ0n) is 16.5. The SMILES string of the molecule is O=C(C1=CCCC1)N1CC[C@@]2(C[C@@H](N3CCCC3)CCO2)C1.O=C(O)C(F)(F)F. The molecule has 9 heteroatoms. The average Bonchev–Trinajstić information content (AvgIpc) is 3.43. The predicted molar refractivity (Wildman–Crippen MR) is 99.3 cm³/mol. The van der Waals surface area contributed by atoms with Gasteiger partial charge in [0.05, 0.1) is 12.1 Å². The van der Waals surface area contributed by atoms with Gasteiger partial charge in [-0.15, -0.1) is 0 Å². The van der Waals surface area contributed by atoms with Crippen LogP contribution in [0.5, 0.6) is 0 Å². The molecule has 3 fully saturated rings. The van der Waals surface area contributed by atoms with Crippen LogP contribution < -0.4 is 0 Å². The highest BCUT2D eigenvalue weighted by atomic mass is 19.4. The molecule has 0 saturated carbocycles. The zero-order chi connectivity index (χ0) is 21.1. The Balaban J connectivity index is 0.000000298. The summed E-state index contributed by atoms with van der Waals surface area (Å²) in [5.74, 6) is -2.48. The van der Waals surface area contributed by atoms with Crippen LogP contribution in [0.3, 0.4) is 0 Å². The topological polar surface area (TPSA) is 70.1 Å². The summed E-state index contributed by atoms with van der Waals surface area (Å²) in [6.45, 7) is 5.08. The summed E-state index contributed by atoms with van der Waals surface area (Å²) in [5, 5.41) is 7.12. The minimum Gasteiger partial charge on any atom is -0.475 e. The van der Waals surface area contributed by atoms with Crippen LogP contribution in [0.15, 0.2) is 11.6 Å². The Morgan fingerprint density at radius 1 is 1.17 bits per heavy atom. The van der Waals surface area contributed by atoms with Crippen LogP contribution in [0.2, 0.25) is 0 Å². The third kappa shape index (κ3) is 5.51. The maximum Gasteiger partial charge on any atom is 0.490 e. The molecule has 0 aromatic heterocycles. The lowest BCUT2D eigenvalue weighted by atomic mass is 9.89. The maximum atomic E-state index is 12.6. The van der Waals surface area contributed by atoms with Crippen molar-refractivity contribution in [1.29, 1.82) is 0 Å². The van der Waals surface area contributed by atoms with Gasteiger partial charge in [-0.2, -0.15) is 13.2 Å². The van der Waals surface area contributed by atoms with Gasteiger partial charge in [-0.25, -0.2) is 4.79 Å². The number of halogens is 3. The van der Waals surface area contributed by atoms with E-state index in [9.17, 15) is 18.0 Å². The van der Waals surface area contributed by atoms with Crippen molar-refractivity contribution >= 4 is 11.9 Å². The molecular weight excluding hydrogens is 389 g/mol. The number of likely N-dealkylation sites (tertiary alicyclic amines) is 2. The number of aliphatic carboxylic acids is 1. The molecule has 3 saturated heterocycles. The first-order chi connectivity index (χ1) is 13.7. The van der Waals surface area contributed by atoms with Gasteiger partial charge in [0.1, 0.15) is 0 Å². The largest absolute Gasteiger partial charge is 0.490 e. The average molecular weight is 418 g/mol. The van der Waals surface area contributed by atoms with E-state index in [0.717, 1.165) is 57.4 Å². The quantitative estimate of drug-likeness (QED) is 0.747. The number of carboxylic acids is 1. The van der Waals surface area contributed by atoms with Crippen molar-refractivity contribution in [1.82, 2.24) is 9.80 Å². The van der Waals surface area contributed by atoms with Crippen molar-refractivity contribution in [2.45, 2.75) is 69.2 Å². The number of amides is 1. The van der Waals surface area contributed by atoms with Gasteiger partial charge in [-0.1, -0.05) is 6.08 Å². The number of ether oxygens (including phenoxy) is 1. The van der Waals surface area contributed by atoms with Crippen molar-refractivity contribution in [3.05, 3.63) is 11.6 Å². The lowest BCUT2D eigenvalue weighted by molar-refractivity contribution is -0.192. The first-order valence-electron chi connectivity index (χ1n) is 10.4. The van der Waals surface area contributed by atoms with E-state index in [4.69, 9.17) is 14.6 Å². The van der Waals surface area contributed by atoms with E-state index in [1.807, 2.05) is 0 Å². The van der Waals surface area contributed by atoms with Gasteiger partial charge in [0, 0.05) is 24.8 Å². The lowest BCUT2D eigenvalue weighted by Gasteiger charge is -2.41. The highest BCUT2D eigenvalue weighted by Gasteiger charge is 2.46. The lowest BCUT2D eigenvalue weighted by Crippen LogP contribution is -2.49. The van der Waals surface area contributed by atoms with Crippen LogP contribution >= 0.6 is 0 Å². The van der Waals surface area contributed by atoms with Crippen LogP contribution in [0.1, 0.15) is 51.4 Å². The smallest absolute Gasteiger partial charge is 0.475 e. The second-order valence-corrected chi connectivity index (χ2v) is 8.32. The molecule has 0 unspecified atom stereocenters. The summed E-state index contributed by atoms with van der Waals surface area (Å²) in [6, 6.07) is 0.678. The Bertz CT molecular complexity index is 646. The molecular formula is C20H29F3N2O4. The number of hydrogen-bond donors (Lipinski definition) is 1. The fraction of sp³-hybridized carbons (Fsp3) is 0.800. The summed E-state index contributed by atoms with van der Waals surface area (Å²) >= 11 is 0. The molecule has 1 N–H and O–H groups in total. The number of rotatable bonds is 2.